The van der Waals surface area contributed by atoms with E-state index in [0.717, 1.165) is 25.5 Å². The fraction of sp³-hybridized carbons (Fsp3) is 0.773. The molecule has 2 aliphatic carbocycles. The van der Waals surface area contributed by atoms with Gasteiger partial charge in [-0.2, -0.15) is 0 Å². The molecule has 0 aromatic heterocycles. The summed E-state index contributed by atoms with van der Waals surface area (Å²) in [5, 5.41) is 8.56. The number of hydrogen-bond acceptors (Lipinski definition) is 2. The first-order valence-electron chi connectivity index (χ1n) is 10.3. The maximum Gasteiger partial charge on any atom is 0.119 e. The van der Waals surface area contributed by atoms with Gasteiger partial charge in [0.1, 0.15) is 6.29 Å². The van der Waals surface area contributed by atoms with E-state index in [4.69, 9.17) is 5.11 Å². The molecular weight excluding hydrogens is 296 g/mol. The lowest BCUT2D eigenvalue weighted by Gasteiger charge is -1.96. The van der Waals surface area contributed by atoms with Crippen LogP contribution in [0.5, 0.6) is 0 Å². The van der Waals surface area contributed by atoms with Crippen molar-refractivity contribution in [1.82, 2.24) is 0 Å². The first-order chi connectivity index (χ1) is 11.9. The van der Waals surface area contributed by atoms with Crippen molar-refractivity contribution in [3.63, 3.8) is 0 Å². The molecule has 0 atom stereocenters. The summed E-state index contributed by atoms with van der Waals surface area (Å²) in [6, 6.07) is 0. The summed E-state index contributed by atoms with van der Waals surface area (Å²) >= 11 is 0. The van der Waals surface area contributed by atoms with Crippen LogP contribution < -0.4 is 0 Å². The van der Waals surface area contributed by atoms with Gasteiger partial charge < -0.3 is 9.90 Å². The summed E-state index contributed by atoms with van der Waals surface area (Å²) in [4.78, 5) is 10.0. The Morgan fingerprint density at radius 2 is 1.12 bits per heavy atom. The van der Waals surface area contributed by atoms with Crippen molar-refractivity contribution in [3.8, 4) is 0 Å². The van der Waals surface area contributed by atoms with Crippen molar-refractivity contribution in [2.75, 3.05) is 6.61 Å². The Labute approximate surface area is 149 Å². The smallest absolute Gasteiger partial charge is 0.119 e. The SMILES string of the molecule is O=CCCCCC=C1CCCC1.OCCCCCC=C1CCCC1. The zero-order valence-electron chi connectivity index (χ0n) is 15.6. The molecule has 0 saturated heterocycles. The molecule has 138 valence electrons. The molecule has 0 spiro atoms. The first-order valence-corrected chi connectivity index (χ1v) is 10.3. The third kappa shape index (κ3) is 11.6. The average molecular weight is 335 g/mol. The number of aliphatic hydroxyl groups is 1. The Morgan fingerprint density at radius 1 is 0.667 bits per heavy atom. The molecule has 2 aliphatic rings. The Balaban J connectivity index is 0.000000240. The van der Waals surface area contributed by atoms with Gasteiger partial charge >= 0.3 is 0 Å². The molecule has 0 aromatic carbocycles. The molecule has 2 fully saturated rings. The Bertz CT molecular complexity index is 352. The van der Waals surface area contributed by atoms with E-state index in [1.54, 1.807) is 11.1 Å². The van der Waals surface area contributed by atoms with Gasteiger partial charge in [0.25, 0.3) is 0 Å². The van der Waals surface area contributed by atoms with Crippen LogP contribution >= 0.6 is 0 Å². The van der Waals surface area contributed by atoms with E-state index in [9.17, 15) is 4.79 Å². The molecule has 24 heavy (non-hydrogen) atoms. The van der Waals surface area contributed by atoms with Gasteiger partial charge in [-0.05, 0) is 89.9 Å². The molecule has 0 aromatic rings. The molecule has 0 heterocycles. The molecule has 1 N–H and O–H groups in total. The highest BCUT2D eigenvalue weighted by Crippen LogP contribution is 2.25. The van der Waals surface area contributed by atoms with Crippen molar-refractivity contribution >= 4 is 6.29 Å². The highest BCUT2D eigenvalue weighted by molar-refractivity contribution is 5.48. The fourth-order valence-electron chi connectivity index (χ4n) is 3.48. The van der Waals surface area contributed by atoms with Crippen LogP contribution in [-0.2, 0) is 4.79 Å². The van der Waals surface area contributed by atoms with Gasteiger partial charge in [-0.15, -0.1) is 0 Å². The Hall–Kier alpha value is -0.890. The molecule has 0 bridgehead atoms. The van der Waals surface area contributed by atoms with Crippen molar-refractivity contribution in [3.05, 3.63) is 23.3 Å². The van der Waals surface area contributed by atoms with E-state index in [0.29, 0.717) is 6.61 Å². The van der Waals surface area contributed by atoms with Crippen LogP contribution in [0.3, 0.4) is 0 Å². The van der Waals surface area contributed by atoms with E-state index in [2.05, 4.69) is 12.2 Å². The summed E-state index contributed by atoms with van der Waals surface area (Å²) in [5.74, 6) is 0. The molecule has 2 saturated carbocycles. The zero-order valence-corrected chi connectivity index (χ0v) is 15.6. The number of rotatable bonds is 10. The maximum atomic E-state index is 10.0. The Kier molecular flexibility index (Phi) is 13.8. The van der Waals surface area contributed by atoms with Crippen LogP contribution in [0.15, 0.2) is 23.3 Å². The standard InChI is InChI=1S/C11H20O.C11H18O/c2*12-10-6-2-1-3-7-11-8-4-5-9-11/h7,12H,1-6,8-10H2;7,10H,1-6,8-9H2. The summed E-state index contributed by atoms with van der Waals surface area (Å²) < 4.78 is 0. The number of aliphatic hydroxyl groups excluding tert-OH is 1. The second-order valence-corrected chi connectivity index (χ2v) is 7.16. The van der Waals surface area contributed by atoms with Gasteiger partial charge in [0.2, 0.25) is 0 Å². The molecule has 2 nitrogen and oxygen atoms in total. The van der Waals surface area contributed by atoms with Crippen LogP contribution in [0.1, 0.15) is 103 Å². The third-order valence-corrected chi connectivity index (χ3v) is 5.00. The van der Waals surface area contributed by atoms with Gasteiger partial charge in [0.15, 0.2) is 0 Å². The van der Waals surface area contributed by atoms with Gasteiger partial charge in [-0.1, -0.05) is 29.7 Å². The number of unbranched alkanes of at least 4 members (excludes halogenated alkanes) is 6. The molecule has 2 heteroatoms. The van der Waals surface area contributed by atoms with Crippen LogP contribution in [0, 0.1) is 0 Å². The van der Waals surface area contributed by atoms with E-state index >= 15 is 0 Å². The maximum absolute atomic E-state index is 10.0. The number of carbonyl (C=O) groups is 1. The number of hydrogen-bond donors (Lipinski definition) is 1. The zero-order chi connectivity index (χ0) is 17.3. The summed E-state index contributed by atoms with van der Waals surface area (Å²) in [6.07, 6.45) is 25.6. The minimum absolute atomic E-state index is 0.358. The normalized spacial score (nSPS) is 16.7. The fourth-order valence-corrected chi connectivity index (χ4v) is 3.48. The summed E-state index contributed by atoms with van der Waals surface area (Å²) in [6.45, 7) is 0.358. The molecular formula is C22H38O2. The second-order valence-electron chi connectivity index (χ2n) is 7.16. The number of carbonyl (C=O) groups excluding carboxylic acids is 1. The van der Waals surface area contributed by atoms with Crippen LogP contribution in [0.25, 0.3) is 0 Å². The Morgan fingerprint density at radius 3 is 1.58 bits per heavy atom. The number of aldehydes is 1. The third-order valence-electron chi connectivity index (χ3n) is 5.00. The average Bonchev–Trinajstić information content (AvgIpc) is 3.29. The van der Waals surface area contributed by atoms with Crippen molar-refractivity contribution < 1.29 is 9.90 Å². The predicted octanol–water partition coefficient (Wildman–Crippen LogP) is 6.29. The van der Waals surface area contributed by atoms with Crippen LogP contribution in [-0.4, -0.2) is 18.0 Å². The molecule has 0 radical (unpaired) electrons. The topological polar surface area (TPSA) is 37.3 Å². The quantitative estimate of drug-likeness (QED) is 0.290. The molecule has 2 rings (SSSR count). The van der Waals surface area contributed by atoms with E-state index in [-0.39, 0.29) is 0 Å². The lowest BCUT2D eigenvalue weighted by atomic mass is 10.1. The molecule has 0 unspecified atom stereocenters. The van der Waals surface area contributed by atoms with E-state index in [1.165, 1.54) is 83.5 Å². The lowest BCUT2D eigenvalue weighted by molar-refractivity contribution is -0.107. The highest BCUT2D eigenvalue weighted by atomic mass is 16.2. The van der Waals surface area contributed by atoms with E-state index in [1.807, 2.05) is 0 Å². The van der Waals surface area contributed by atoms with Crippen LogP contribution in [0.4, 0.5) is 0 Å². The second kappa shape index (κ2) is 15.6. The van der Waals surface area contributed by atoms with E-state index < -0.39 is 0 Å². The monoisotopic (exact) mass is 334 g/mol. The minimum Gasteiger partial charge on any atom is -0.396 e. The van der Waals surface area contributed by atoms with Gasteiger partial charge in [-0.3, -0.25) is 0 Å². The van der Waals surface area contributed by atoms with Gasteiger partial charge in [0.05, 0.1) is 0 Å². The minimum atomic E-state index is 0.358. The first kappa shape index (κ1) is 21.2. The molecule has 0 amide bonds. The molecule has 0 aliphatic heterocycles. The van der Waals surface area contributed by atoms with Crippen molar-refractivity contribution in [1.29, 1.82) is 0 Å². The number of allylic oxidation sites excluding steroid dienone is 4. The largest absolute Gasteiger partial charge is 0.396 e. The summed E-state index contributed by atoms with van der Waals surface area (Å²) in [7, 11) is 0. The van der Waals surface area contributed by atoms with Crippen molar-refractivity contribution in [2.45, 2.75) is 103 Å². The van der Waals surface area contributed by atoms with Gasteiger partial charge in [-0.25, -0.2) is 0 Å². The predicted molar refractivity (Wildman–Crippen MR) is 103 cm³/mol. The van der Waals surface area contributed by atoms with Crippen LogP contribution in [0.2, 0.25) is 0 Å². The lowest BCUT2D eigenvalue weighted by Crippen LogP contribution is -1.82. The van der Waals surface area contributed by atoms with Crippen molar-refractivity contribution in [2.24, 2.45) is 0 Å². The highest BCUT2D eigenvalue weighted by Gasteiger charge is 2.05. The summed E-state index contributed by atoms with van der Waals surface area (Å²) in [5.41, 5.74) is 3.33. The van der Waals surface area contributed by atoms with Gasteiger partial charge in [0, 0.05) is 13.0 Å².